The van der Waals surface area contributed by atoms with E-state index in [1.165, 1.54) is 18.5 Å². The molecule has 0 unspecified atom stereocenters. The number of nitrogens with zero attached hydrogens (tertiary/aromatic N) is 1. The van der Waals surface area contributed by atoms with Crippen LogP contribution in [0.15, 0.2) is 18.2 Å². The Kier molecular flexibility index (Phi) is 7.52. The summed E-state index contributed by atoms with van der Waals surface area (Å²) >= 11 is 0. The van der Waals surface area contributed by atoms with Crippen LogP contribution in [0.1, 0.15) is 45.1 Å². The Balaban J connectivity index is 0.00000242. The number of hydrogen-bond acceptors (Lipinski definition) is 2. The van der Waals surface area contributed by atoms with E-state index in [-0.39, 0.29) is 18.4 Å². The molecule has 2 rings (SSSR count). The normalized spacial score (nSPS) is 14.3. The van der Waals surface area contributed by atoms with Crippen LogP contribution in [-0.2, 0) is 0 Å². The molecule has 124 valence electrons. The van der Waals surface area contributed by atoms with Crippen LogP contribution in [0.5, 0.6) is 0 Å². The van der Waals surface area contributed by atoms with Gasteiger partial charge in [0.05, 0.1) is 0 Å². The number of carbonyl (C=O) groups is 1. The molecule has 1 aromatic rings. The zero-order valence-electron chi connectivity index (χ0n) is 13.8. The van der Waals surface area contributed by atoms with Crippen molar-refractivity contribution in [3.05, 3.63) is 23.8 Å². The van der Waals surface area contributed by atoms with Gasteiger partial charge in [-0.15, -0.1) is 0 Å². The molecule has 1 fully saturated rings. The molecule has 0 spiro atoms. The summed E-state index contributed by atoms with van der Waals surface area (Å²) < 4.78 is 0. The van der Waals surface area contributed by atoms with Crippen molar-refractivity contribution in [3.8, 4) is 0 Å². The molecular weight excluding hydrogens is 298 g/mol. The van der Waals surface area contributed by atoms with E-state index in [0.29, 0.717) is 6.04 Å². The average molecular weight is 325 g/mol. The zero-order valence-corrected chi connectivity index (χ0v) is 14.5. The summed E-state index contributed by atoms with van der Waals surface area (Å²) in [4.78, 5) is 14.3. The van der Waals surface area contributed by atoms with Gasteiger partial charge in [0.2, 0.25) is 0 Å². The maximum atomic E-state index is 12.0. The summed E-state index contributed by atoms with van der Waals surface area (Å²) in [7, 11) is 0. The Labute approximate surface area is 140 Å². The maximum Gasteiger partial charge on any atom is 0.319 e. The van der Waals surface area contributed by atoms with E-state index in [0.717, 1.165) is 37.2 Å². The molecule has 0 bridgehead atoms. The summed E-state index contributed by atoms with van der Waals surface area (Å²) in [5.74, 6) is 0. The van der Waals surface area contributed by atoms with Gasteiger partial charge in [-0.05, 0) is 57.4 Å². The van der Waals surface area contributed by atoms with Crippen LogP contribution in [0.2, 0.25) is 0 Å². The zero-order chi connectivity index (χ0) is 15.2. The van der Waals surface area contributed by atoms with Crippen LogP contribution in [0.4, 0.5) is 16.2 Å². The standard InChI is InChI=1S/C17H27N3O.ClH/c1-4-20(5-2)15-10-11-16(13(3)12-15)19-17(21)18-14-8-6-7-9-14;/h10-12,14H,4-9H2,1-3H3,(H2,18,19,21);1H/p-1. The first-order valence-electron chi connectivity index (χ1n) is 8.07. The lowest BCUT2D eigenvalue weighted by Crippen LogP contribution is -3.00. The molecule has 0 aromatic heterocycles. The Morgan fingerprint density at radius 1 is 1.23 bits per heavy atom. The first kappa shape index (κ1) is 18.6. The Morgan fingerprint density at radius 2 is 1.86 bits per heavy atom. The van der Waals surface area contributed by atoms with Crippen LogP contribution in [0.3, 0.4) is 0 Å². The van der Waals surface area contributed by atoms with Gasteiger partial charge in [-0.25, -0.2) is 4.79 Å². The molecule has 0 saturated heterocycles. The number of aryl methyl sites for hydroxylation is 1. The van der Waals surface area contributed by atoms with Crippen LogP contribution in [0.25, 0.3) is 0 Å². The smallest absolute Gasteiger partial charge is 0.319 e. The lowest BCUT2D eigenvalue weighted by molar-refractivity contribution is -0.00000783. The lowest BCUT2D eigenvalue weighted by Gasteiger charge is -2.22. The number of anilines is 2. The number of benzene rings is 1. The first-order valence-corrected chi connectivity index (χ1v) is 8.07. The van der Waals surface area contributed by atoms with Crippen molar-refractivity contribution in [2.24, 2.45) is 0 Å². The van der Waals surface area contributed by atoms with E-state index in [1.807, 2.05) is 13.0 Å². The minimum atomic E-state index is -0.0828. The van der Waals surface area contributed by atoms with Crippen molar-refractivity contribution in [1.82, 2.24) is 5.32 Å². The second-order valence-electron chi connectivity index (χ2n) is 5.75. The van der Waals surface area contributed by atoms with Crippen molar-refractivity contribution in [3.63, 3.8) is 0 Å². The van der Waals surface area contributed by atoms with Crippen molar-refractivity contribution in [1.29, 1.82) is 0 Å². The quantitative estimate of drug-likeness (QED) is 0.845. The number of halogens is 1. The summed E-state index contributed by atoms with van der Waals surface area (Å²) in [6.07, 6.45) is 4.66. The predicted octanol–water partition coefficient (Wildman–Crippen LogP) is 0.909. The van der Waals surface area contributed by atoms with E-state index in [4.69, 9.17) is 0 Å². The van der Waals surface area contributed by atoms with Gasteiger partial charge in [-0.2, -0.15) is 0 Å². The van der Waals surface area contributed by atoms with Crippen LogP contribution in [0, 0.1) is 6.92 Å². The number of carbonyl (C=O) groups excluding carboxylic acids is 1. The Morgan fingerprint density at radius 3 is 2.41 bits per heavy atom. The van der Waals surface area contributed by atoms with E-state index in [2.05, 4.69) is 41.5 Å². The van der Waals surface area contributed by atoms with E-state index >= 15 is 0 Å². The fourth-order valence-corrected chi connectivity index (χ4v) is 2.99. The monoisotopic (exact) mass is 324 g/mol. The number of urea groups is 1. The molecule has 1 aliphatic rings. The summed E-state index contributed by atoms with van der Waals surface area (Å²) in [6, 6.07) is 6.47. The Hall–Kier alpha value is -1.42. The number of rotatable bonds is 5. The van der Waals surface area contributed by atoms with Gasteiger partial charge in [0.15, 0.2) is 0 Å². The predicted molar refractivity (Wildman–Crippen MR) is 89.2 cm³/mol. The van der Waals surface area contributed by atoms with Crippen molar-refractivity contribution in [2.45, 2.75) is 52.5 Å². The molecule has 0 radical (unpaired) electrons. The summed E-state index contributed by atoms with van der Waals surface area (Å²) in [5.41, 5.74) is 3.20. The molecule has 22 heavy (non-hydrogen) atoms. The second kappa shape index (κ2) is 8.89. The average Bonchev–Trinajstić information content (AvgIpc) is 2.96. The number of nitrogens with one attached hydrogen (secondary N) is 2. The van der Waals surface area contributed by atoms with Gasteiger partial charge in [0, 0.05) is 30.5 Å². The SMILES string of the molecule is CCN(CC)c1ccc(NC(=O)NC2CCCC2)c(C)c1.[Cl-]. The molecule has 0 heterocycles. The van der Waals surface area contributed by atoms with Crippen molar-refractivity contribution >= 4 is 17.4 Å². The lowest BCUT2D eigenvalue weighted by atomic mass is 10.1. The van der Waals surface area contributed by atoms with Crippen LogP contribution in [-0.4, -0.2) is 25.2 Å². The molecule has 2 N–H and O–H groups in total. The van der Waals surface area contributed by atoms with E-state index in [9.17, 15) is 4.79 Å². The molecule has 1 aliphatic carbocycles. The van der Waals surface area contributed by atoms with Gasteiger partial charge in [-0.3, -0.25) is 0 Å². The van der Waals surface area contributed by atoms with Crippen molar-refractivity contribution < 1.29 is 17.2 Å². The topological polar surface area (TPSA) is 44.4 Å². The molecule has 1 aromatic carbocycles. The van der Waals surface area contributed by atoms with Gasteiger partial charge in [0.1, 0.15) is 0 Å². The fourth-order valence-electron chi connectivity index (χ4n) is 2.99. The minimum absolute atomic E-state index is 0. The largest absolute Gasteiger partial charge is 1.00 e. The molecule has 2 amide bonds. The third-order valence-electron chi connectivity index (χ3n) is 4.28. The second-order valence-corrected chi connectivity index (χ2v) is 5.75. The molecule has 0 aliphatic heterocycles. The summed E-state index contributed by atoms with van der Waals surface area (Å²) in [5, 5.41) is 6.02. The van der Waals surface area contributed by atoms with Gasteiger partial charge in [0.25, 0.3) is 0 Å². The highest BCUT2D eigenvalue weighted by Crippen LogP contribution is 2.23. The molecular formula is C17H27ClN3O-. The summed E-state index contributed by atoms with van der Waals surface area (Å²) in [6.45, 7) is 8.33. The Bertz CT molecular complexity index is 483. The fraction of sp³-hybridized carbons (Fsp3) is 0.588. The third-order valence-corrected chi connectivity index (χ3v) is 4.28. The van der Waals surface area contributed by atoms with E-state index in [1.54, 1.807) is 0 Å². The highest BCUT2D eigenvalue weighted by Gasteiger charge is 2.17. The van der Waals surface area contributed by atoms with Gasteiger partial charge < -0.3 is 27.9 Å². The van der Waals surface area contributed by atoms with Gasteiger partial charge >= 0.3 is 6.03 Å². The third kappa shape index (κ3) is 4.80. The van der Waals surface area contributed by atoms with Crippen LogP contribution >= 0.6 is 0 Å². The van der Waals surface area contributed by atoms with Crippen LogP contribution < -0.4 is 27.9 Å². The number of hydrogen-bond donors (Lipinski definition) is 2. The van der Waals surface area contributed by atoms with Crippen molar-refractivity contribution in [2.75, 3.05) is 23.3 Å². The van der Waals surface area contributed by atoms with E-state index < -0.39 is 0 Å². The molecule has 0 atom stereocenters. The molecule has 1 saturated carbocycles. The first-order chi connectivity index (χ1) is 10.1. The molecule has 4 nitrogen and oxygen atoms in total. The number of amides is 2. The minimum Gasteiger partial charge on any atom is -1.00 e. The maximum absolute atomic E-state index is 12.0. The van der Waals surface area contributed by atoms with Gasteiger partial charge in [-0.1, -0.05) is 12.8 Å². The highest BCUT2D eigenvalue weighted by atomic mass is 35.5. The highest BCUT2D eigenvalue weighted by molar-refractivity contribution is 5.90. The molecule has 5 heteroatoms.